The average molecular weight is 801 g/mol. The number of rotatable bonds is 16. The molecule has 6 unspecified atom stereocenters. The van der Waals surface area contributed by atoms with Gasteiger partial charge in [-0.3, -0.25) is 0 Å². The van der Waals surface area contributed by atoms with Crippen molar-refractivity contribution in [1.29, 1.82) is 0 Å². The Bertz CT molecular complexity index is 2230. The number of aliphatic hydroxyl groups is 1. The molecule has 60 heavy (non-hydrogen) atoms. The third-order valence-corrected chi connectivity index (χ3v) is 13.1. The van der Waals surface area contributed by atoms with E-state index in [1.165, 1.54) is 44.5 Å². The molecule has 7 heteroatoms. The van der Waals surface area contributed by atoms with Gasteiger partial charge in [0.2, 0.25) is 0 Å². The van der Waals surface area contributed by atoms with Crippen LogP contribution in [0.3, 0.4) is 0 Å². The molecule has 4 aliphatic rings. The minimum atomic E-state index is -0.813. The molecule has 306 valence electrons. The highest BCUT2D eigenvalue weighted by molar-refractivity contribution is 5.60. The molecule has 0 saturated carbocycles. The summed E-state index contributed by atoms with van der Waals surface area (Å²) < 4.78 is 34.9. The first-order valence-electron chi connectivity index (χ1n) is 21.4. The number of fused-ring (bicyclic) bond motifs is 2. The SMILES string of the molecule is CC1CC(c2ccc(OCC(O)COc3ccc(C4(c5ccc(OCC6CO6)cc5)CC(C)c5ccccc54)cc3)cc2)(c2ccc(OCC3CO3)cc2)c2ccccc21. The maximum absolute atomic E-state index is 11.0. The first-order valence-corrected chi connectivity index (χ1v) is 21.4. The van der Waals surface area contributed by atoms with E-state index >= 15 is 0 Å². The monoisotopic (exact) mass is 800 g/mol. The maximum atomic E-state index is 11.0. The Morgan fingerprint density at radius 1 is 0.483 bits per heavy atom. The second-order valence-corrected chi connectivity index (χ2v) is 17.1. The molecule has 0 bridgehead atoms. The van der Waals surface area contributed by atoms with Crippen molar-refractivity contribution in [3.8, 4) is 23.0 Å². The van der Waals surface area contributed by atoms with Crippen LogP contribution in [0.4, 0.5) is 0 Å². The fraction of sp³-hybridized carbons (Fsp3) is 0.321. The van der Waals surface area contributed by atoms with Crippen LogP contribution >= 0.6 is 0 Å². The summed E-state index contributed by atoms with van der Waals surface area (Å²) in [6.07, 6.45) is 1.55. The lowest BCUT2D eigenvalue weighted by molar-refractivity contribution is 0.0626. The van der Waals surface area contributed by atoms with Crippen LogP contribution in [0.2, 0.25) is 0 Å². The average Bonchev–Trinajstić information content (AvgIpc) is 4.25. The van der Waals surface area contributed by atoms with Crippen molar-refractivity contribution in [1.82, 2.24) is 0 Å². The van der Waals surface area contributed by atoms with Crippen molar-refractivity contribution in [2.45, 2.75) is 67.7 Å². The van der Waals surface area contributed by atoms with Crippen molar-refractivity contribution in [3.05, 3.63) is 190 Å². The standard InChI is InChI=1S/C53H52O7/c1-35-27-52(50-9-5-3-7-48(35)50,39-15-23-44(24-16-39)57-31-46-33-59-46)37-11-19-42(20-12-37)55-29-41(54)30-56-43-21-13-38(14-22-43)53(28-36(2)49-8-4-6-10-51(49)53)40-17-25-45(26-18-40)58-32-47-34-60-47/h3-26,35-36,41,46-47,54H,27-34H2,1-2H3. The normalized spacial score (nSPS) is 25.2. The van der Waals surface area contributed by atoms with Crippen molar-refractivity contribution < 1.29 is 33.5 Å². The van der Waals surface area contributed by atoms with Gasteiger partial charge in [0.15, 0.2) is 0 Å². The summed E-state index contributed by atoms with van der Waals surface area (Å²) in [5, 5.41) is 11.0. The third-order valence-electron chi connectivity index (χ3n) is 13.1. The van der Waals surface area contributed by atoms with Crippen LogP contribution in [0.25, 0.3) is 0 Å². The first kappa shape index (κ1) is 38.6. The summed E-state index contributed by atoms with van der Waals surface area (Å²) in [7, 11) is 0. The predicted molar refractivity (Wildman–Crippen MR) is 232 cm³/mol. The van der Waals surface area contributed by atoms with Gasteiger partial charge in [0.1, 0.15) is 67.7 Å². The van der Waals surface area contributed by atoms with E-state index in [9.17, 15) is 5.11 Å². The smallest absolute Gasteiger partial charge is 0.122 e. The zero-order valence-corrected chi connectivity index (χ0v) is 34.3. The van der Waals surface area contributed by atoms with Gasteiger partial charge in [0.25, 0.3) is 0 Å². The molecule has 0 radical (unpaired) electrons. The number of hydrogen-bond acceptors (Lipinski definition) is 7. The molecule has 0 aromatic heterocycles. The van der Waals surface area contributed by atoms with E-state index in [1.54, 1.807) is 0 Å². The number of benzene rings is 6. The molecule has 1 N–H and O–H groups in total. The molecule has 2 heterocycles. The topological polar surface area (TPSA) is 82.2 Å². The Morgan fingerprint density at radius 2 is 0.800 bits per heavy atom. The van der Waals surface area contributed by atoms with Crippen LogP contribution in [-0.4, -0.2) is 63.1 Å². The zero-order valence-electron chi connectivity index (χ0n) is 34.3. The van der Waals surface area contributed by atoms with Gasteiger partial charge in [-0.15, -0.1) is 0 Å². The second kappa shape index (κ2) is 16.1. The Balaban J connectivity index is 0.804. The van der Waals surface area contributed by atoms with Gasteiger partial charge in [0, 0.05) is 10.8 Å². The molecule has 0 spiro atoms. The van der Waals surface area contributed by atoms with Gasteiger partial charge < -0.3 is 33.5 Å². The van der Waals surface area contributed by atoms with Crippen molar-refractivity contribution in [2.75, 3.05) is 39.6 Å². The van der Waals surface area contributed by atoms with Crippen LogP contribution in [0.15, 0.2) is 146 Å². The summed E-state index contributed by atoms with van der Waals surface area (Å²) in [5.74, 6) is 3.93. The van der Waals surface area contributed by atoms with Crippen molar-refractivity contribution in [3.63, 3.8) is 0 Å². The van der Waals surface area contributed by atoms with E-state index in [-0.39, 0.29) is 36.3 Å². The molecule has 6 aromatic rings. The molecule has 6 aromatic carbocycles. The van der Waals surface area contributed by atoms with E-state index in [1.807, 2.05) is 24.3 Å². The fourth-order valence-electron chi connectivity index (χ4n) is 9.90. The highest BCUT2D eigenvalue weighted by atomic mass is 16.6. The Kier molecular flexibility index (Phi) is 10.4. The molecule has 2 fully saturated rings. The van der Waals surface area contributed by atoms with Gasteiger partial charge in [-0.2, -0.15) is 0 Å². The minimum Gasteiger partial charge on any atom is -0.491 e. The summed E-state index contributed by atoms with van der Waals surface area (Å²) in [5.41, 5.74) is 9.73. The third kappa shape index (κ3) is 7.44. The lowest BCUT2D eigenvalue weighted by Gasteiger charge is -2.33. The van der Waals surface area contributed by atoms with Crippen LogP contribution in [-0.2, 0) is 20.3 Å². The van der Waals surface area contributed by atoms with E-state index in [2.05, 4.69) is 135 Å². The fourth-order valence-corrected chi connectivity index (χ4v) is 9.90. The summed E-state index contributed by atoms with van der Waals surface area (Å²) in [6, 6.07) is 51.5. The molecule has 6 atom stereocenters. The Hall–Kier alpha value is -5.60. The second-order valence-electron chi connectivity index (χ2n) is 17.1. The quantitative estimate of drug-likeness (QED) is 0.0977. The highest BCUT2D eigenvalue weighted by Gasteiger charge is 2.46. The van der Waals surface area contributed by atoms with E-state index in [0.717, 1.165) is 37.6 Å². The summed E-state index contributed by atoms with van der Waals surface area (Å²) >= 11 is 0. The number of aliphatic hydroxyl groups excluding tert-OH is 1. The van der Waals surface area contributed by atoms with Gasteiger partial charge in [-0.05, 0) is 118 Å². The van der Waals surface area contributed by atoms with E-state index in [4.69, 9.17) is 28.4 Å². The largest absolute Gasteiger partial charge is 0.491 e. The Labute approximate surface area is 352 Å². The van der Waals surface area contributed by atoms with Crippen LogP contribution in [0.1, 0.15) is 83.0 Å². The summed E-state index contributed by atoms with van der Waals surface area (Å²) in [6.45, 7) is 7.58. The van der Waals surface area contributed by atoms with Gasteiger partial charge in [0.05, 0.1) is 13.2 Å². The van der Waals surface area contributed by atoms with Crippen molar-refractivity contribution in [2.24, 2.45) is 0 Å². The zero-order chi connectivity index (χ0) is 40.7. The van der Waals surface area contributed by atoms with Gasteiger partial charge in [-0.25, -0.2) is 0 Å². The maximum Gasteiger partial charge on any atom is 0.122 e. The first-order chi connectivity index (χ1) is 29.4. The molecule has 10 rings (SSSR count). The van der Waals surface area contributed by atoms with E-state index in [0.29, 0.717) is 36.5 Å². The van der Waals surface area contributed by atoms with Gasteiger partial charge in [-0.1, -0.05) is 111 Å². The van der Waals surface area contributed by atoms with E-state index < -0.39 is 6.10 Å². The molecule has 2 saturated heterocycles. The molecule has 2 aliphatic heterocycles. The lowest BCUT2D eigenvalue weighted by Crippen LogP contribution is -2.27. The molecular formula is C53H52O7. The lowest BCUT2D eigenvalue weighted by atomic mass is 9.70. The minimum absolute atomic E-state index is 0.112. The number of epoxide rings is 2. The van der Waals surface area contributed by atoms with Crippen LogP contribution in [0, 0.1) is 0 Å². The van der Waals surface area contributed by atoms with Crippen molar-refractivity contribution >= 4 is 0 Å². The number of ether oxygens (including phenoxy) is 6. The number of hydrogen-bond donors (Lipinski definition) is 1. The molecule has 2 aliphatic carbocycles. The van der Waals surface area contributed by atoms with Crippen LogP contribution < -0.4 is 18.9 Å². The molecule has 0 amide bonds. The van der Waals surface area contributed by atoms with Gasteiger partial charge >= 0.3 is 0 Å². The predicted octanol–water partition coefficient (Wildman–Crippen LogP) is 9.74. The van der Waals surface area contributed by atoms with Crippen LogP contribution in [0.5, 0.6) is 23.0 Å². The highest BCUT2D eigenvalue weighted by Crippen LogP contribution is 2.55. The summed E-state index contributed by atoms with van der Waals surface area (Å²) in [4.78, 5) is 0. The molecular weight excluding hydrogens is 749 g/mol. The molecule has 7 nitrogen and oxygen atoms in total. The Morgan fingerprint density at radius 3 is 1.13 bits per heavy atom.